The van der Waals surface area contributed by atoms with E-state index in [2.05, 4.69) is 33.5 Å². The molecule has 0 bridgehead atoms. The predicted molar refractivity (Wildman–Crippen MR) is 117 cm³/mol. The predicted octanol–water partition coefficient (Wildman–Crippen LogP) is 5.60. The second kappa shape index (κ2) is 7.02. The number of aromatic nitrogens is 2. The molecule has 0 radical (unpaired) electrons. The van der Waals surface area contributed by atoms with Crippen LogP contribution in [0.4, 0.5) is 5.69 Å². The number of aromatic amines is 1. The van der Waals surface area contributed by atoms with E-state index in [1.54, 1.807) is 0 Å². The van der Waals surface area contributed by atoms with Crippen LogP contribution in [0.25, 0.3) is 32.6 Å². The Balaban J connectivity index is 1.43. The first-order valence-electron chi connectivity index (χ1n) is 9.06. The van der Waals surface area contributed by atoms with Gasteiger partial charge < -0.3 is 10.3 Å². The maximum absolute atomic E-state index is 12.7. The first kappa shape index (κ1) is 16.8. The molecule has 1 heterocycles. The molecule has 28 heavy (non-hydrogen) atoms. The Kier molecular flexibility index (Phi) is 4.22. The van der Waals surface area contributed by atoms with E-state index < -0.39 is 0 Å². The minimum Gasteiger partial charge on any atom is -0.333 e. The van der Waals surface area contributed by atoms with Gasteiger partial charge >= 0.3 is 0 Å². The number of nitrogens with one attached hydrogen (secondary N) is 2. The molecule has 0 atom stereocenters. The fourth-order valence-electron chi connectivity index (χ4n) is 3.46. The summed E-state index contributed by atoms with van der Waals surface area (Å²) in [6.07, 6.45) is 0. The zero-order chi connectivity index (χ0) is 18.9. The van der Waals surface area contributed by atoms with Gasteiger partial charge in [0.1, 0.15) is 0 Å². The van der Waals surface area contributed by atoms with Crippen molar-refractivity contribution in [3.05, 3.63) is 78.9 Å². The molecule has 5 aromatic rings. The second-order valence-electron chi connectivity index (χ2n) is 6.59. The molecule has 0 aliphatic rings. The molecule has 4 aromatic carbocycles. The molecule has 1 aromatic heterocycles. The number of para-hydroxylation sites is 2. The van der Waals surface area contributed by atoms with Gasteiger partial charge in [-0.05, 0) is 29.0 Å². The van der Waals surface area contributed by atoms with E-state index in [0.29, 0.717) is 0 Å². The van der Waals surface area contributed by atoms with Crippen LogP contribution in [0, 0.1) is 0 Å². The third-order valence-corrected chi connectivity index (χ3v) is 5.62. The average Bonchev–Trinajstić information content (AvgIpc) is 3.15. The Bertz CT molecular complexity index is 1240. The van der Waals surface area contributed by atoms with Crippen molar-refractivity contribution in [3.63, 3.8) is 0 Å². The standard InChI is InChI=1S/C23H17N3OS/c27-21(14-28-23-24-19-11-5-6-12-20(19)25-23)26-22-17-9-3-1-7-15(17)13-16-8-2-4-10-18(16)22/h1-13H,14H2,(H,24,25)(H,26,27). The number of carbonyl (C=O) groups excluding carboxylic acids is 1. The molecule has 136 valence electrons. The third-order valence-electron chi connectivity index (χ3n) is 4.74. The lowest BCUT2D eigenvalue weighted by molar-refractivity contribution is -0.113. The summed E-state index contributed by atoms with van der Waals surface area (Å²) >= 11 is 1.41. The molecule has 2 N–H and O–H groups in total. The number of nitrogens with zero attached hydrogens (tertiary/aromatic N) is 1. The molecule has 4 nitrogen and oxygen atoms in total. The molecule has 5 heteroatoms. The van der Waals surface area contributed by atoms with E-state index in [1.165, 1.54) is 11.8 Å². The van der Waals surface area contributed by atoms with Gasteiger partial charge in [-0.3, -0.25) is 4.79 Å². The highest BCUT2D eigenvalue weighted by Gasteiger charge is 2.12. The number of hydrogen-bond acceptors (Lipinski definition) is 3. The summed E-state index contributed by atoms with van der Waals surface area (Å²) in [5.41, 5.74) is 2.75. The van der Waals surface area contributed by atoms with Crippen LogP contribution in [0.2, 0.25) is 0 Å². The molecule has 0 saturated carbocycles. The highest BCUT2D eigenvalue weighted by molar-refractivity contribution is 7.99. The number of hydrogen-bond donors (Lipinski definition) is 2. The molecule has 1 amide bonds. The first-order chi connectivity index (χ1) is 13.8. The normalized spacial score (nSPS) is 11.3. The molecule has 5 rings (SSSR count). The van der Waals surface area contributed by atoms with Crippen molar-refractivity contribution in [2.45, 2.75) is 5.16 Å². The fourth-order valence-corrected chi connectivity index (χ4v) is 4.14. The number of fused-ring (bicyclic) bond motifs is 3. The van der Waals surface area contributed by atoms with Crippen molar-refractivity contribution >= 4 is 55.9 Å². The van der Waals surface area contributed by atoms with E-state index in [1.807, 2.05) is 60.7 Å². The number of amides is 1. The summed E-state index contributed by atoms with van der Waals surface area (Å²) in [5.74, 6) is 0.240. The molecular weight excluding hydrogens is 366 g/mol. The highest BCUT2D eigenvalue weighted by atomic mass is 32.2. The number of imidazole rings is 1. The number of rotatable bonds is 4. The van der Waals surface area contributed by atoms with Gasteiger partial charge in [0, 0.05) is 10.8 Å². The van der Waals surface area contributed by atoms with E-state index in [9.17, 15) is 4.79 Å². The van der Waals surface area contributed by atoms with Gasteiger partial charge in [-0.1, -0.05) is 72.4 Å². The Morgan fingerprint density at radius 1 is 0.893 bits per heavy atom. The fraction of sp³-hybridized carbons (Fsp3) is 0.0435. The van der Waals surface area contributed by atoms with Gasteiger partial charge in [0.25, 0.3) is 0 Å². The van der Waals surface area contributed by atoms with Gasteiger partial charge in [0.15, 0.2) is 5.16 Å². The summed E-state index contributed by atoms with van der Waals surface area (Å²) in [4.78, 5) is 20.5. The largest absolute Gasteiger partial charge is 0.333 e. The summed E-state index contributed by atoms with van der Waals surface area (Å²) in [5, 5.41) is 8.19. The zero-order valence-corrected chi connectivity index (χ0v) is 15.8. The minimum atomic E-state index is -0.0491. The van der Waals surface area contributed by atoms with Gasteiger partial charge in [0.05, 0.1) is 22.5 Å². The van der Waals surface area contributed by atoms with Crippen LogP contribution in [0.5, 0.6) is 0 Å². The van der Waals surface area contributed by atoms with Crippen molar-refractivity contribution < 1.29 is 4.79 Å². The molecule has 0 unspecified atom stereocenters. The maximum Gasteiger partial charge on any atom is 0.234 e. The molecule has 0 saturated heterocycles. The highest BCUT2D eigenvalue weighted by Crippen LogP contribution is 2.33. The number of benzene rings is 4. The summed E-state index contributed by atoms with van der Waals surface area (Å²) in [6.45, 7) is 0. The van der Waals surface area contributed by atoms with Gasteiger partial charge in [0.2, 0.25) is 5.91 Å². The van der Waals surface area contributed by atoms with Crippen LogP contribution >= 0.6 is 11.8 Å². The molecular formula is C23H17N3OS. The van der Waals surface area contributed by atoms with E-state index in [4.69, 9.17) is 0 Å². The molecule has 0 fully saturated rings. The Labute approximate surface area is 166 Å². The van der Waals surface area contributed by atoms with Crippen molar-refractivity contribution in [2.24, 2.45) is 0 Å². The van der Waals surface area contributed by atoms with Crippen molar-refractivity contribution in [1.82, 2.24) is 9.97 Å². The maximum atomic E-state index is 12.7. The van der Waals surface area contributed by atoms with Crippen molar-refractivity contribution in [3.8, 4) is 0 Å². The van der Waals surface area contributed by atoms with Crippen molar-refractivity contribution in [2.75, 3.05) is 11.1 Å². The lowest BCUT2D eigenvalue weighted by Gasteiger charge is -2.12. The first-order valence-corrected chi connectivity index (χ1v) is 10.0. The van der Waals surface area contributed by atoms with Crippen LogP contribution in [0.15, 0.2) is 84.0 Å². The lowest BCUT2D eigenvalue weighted by Crippen LogP contribution is -2.14. The minimum absolute atomic E-state index is 0.0491. The Hall–Kier alpha value is -3.31. The van der Waals surface area contributed by atoms with E-state index >= 15 is 0 Å². The quantitative estimate of drug-likeness (QED) is 0.314. The van der Waals surface area contributed by atoms with Gasteiger partial charge in [-0.15, -0.1) is 0 Å². The zero-order valence-electron chi connectivity index (χ0n) is 15.0. The monoisotopic (exact) mass is 383 g/mol. The number of carbonyl (C=O) groups is 1. The van der Waals surface area contributed by atoms with E-state index in [0.717, 1.165) is 43.4 Å². The molecule has 0 aliphatic carbocycles. The second-order valence-corrected chi connectivity index (χ2v) is 7.55. The van der Waals surface area contributed by atoms with Crippen LogP contribution in [-0.2, 0) is 4.79 Å². The van der Waals surface area contributed by atoms with E-state index in [-0.39, 0.29) is 11.7 Å². The number of H-pyrrole nitrogens is 1. The number of anilines is 1. The van der Waals surface area contributed by atoms with Crippen LogP contribution < -0.4 is 5.32 Å². The van der Waals surface area contributed by atoms with Crippen LogP contribution in [0.3, 0.4) is 0 Å². The van der Waals surface area contributed by atoms with Crippen molar-refractivity contribution in [1.29, 1.82) is 0 Å². The summed E-state index contributed by atoms with van der Waals surface area (Å²) < 4.78 is 0. The number of thioether (sulfide) groups is 1. The third kappa shape index (κ3) is 3.10. The Morgan fingerprint density at radius 2 is 1.54 bits per heavy atom. The van der Waals surface area contributed by atoms with Crippen LogP contribution in [0.1, 0.15) is 0 Å². The van der Waals surface area contributed by atoms with Crippen LogP contribution in [-0.4, -0.2) is 21.6 Å². The summed E-state index contributed by atoms with van der Waals surface area (Å²) in [7, 11) is 0. The lowest BCUT2D eigenvalue weighted by atomic mass is 10.0. The molecule has 0 aliphatic heterocycles. The SMILES string of the molecule is O=C(CSc1nc2ccccc2[nH]1)Nc1c2ccccc2cc2ccccc12. The summed E-state index contributed by atoms with van der Waals surface area (Å²) in [6, 6.07) is 26.3. The smallest absolute Gasteiger partial charge is 0.234 e. The average molecular weight is 383 g/mol. The molecule has 0 spiro atoms. The van der Waals surface area contributed by atoms with Gasteiger partial charge in [-0.2, -0.15) is 0 Å². The topological polar surface area (TPSA) is 57.8 Å². The van der Waals surface area contributed by atoms with Gasteiger partial charge in [-0.25, -0.2) is 4.98 Å². The Morgan fingerprint density at radius 3 is 2.25 bits per heavy atom.